The summed E-state index contributed by atoms with van der Waals surface area (Å²) in [5.74, 6) is 2.28. The maximum atomic E-state index is 9.94. The van der Waals surface area contributed by atoms with Crippen molar-refractivity contribution in [3.63, 3.8) is 0 Å². The van der Waals surface area contributed by atoms with Gasteiger partial charge >= 0.3 is 0 Å². The smallest absolute Gasteiger partial charge is 0.162 e. The largest absolute Gasteiger partial charge is 0.508 e. The number of aromatic hydroxyl groups is 1. The van der Waals surface area contributed by atoms with E-state index in [1.807, 2.05) is 12.1 Å². The first kappa shape index (κ1) is 26.4. The third-order valence-corrected chi connectivity index (χ3v) is 8.43. The minimum Gasteiger partial charge on any atom is -0.508 e. The number of phenols is 1. The molecule has 1 N–H and O–H groups in total. The van der Waals surface area contributed by atoms with Gasteiger partial charge in [0.05, 0.1) is 14.2 Å². The maximum Gasteiger partial charge on any atom is 0.162 e. The molecule has 1 heterocycles. The molecule has 3 aromatic rings. The second-order valence-electron chi connectivity index (χ2n) is 10.8. The Morgan fingerprint density at radius 3 is 2.32 bits per heavy atom. The standard InChI is InChI=1S/C33H42N2O3/c1-4-35(23-25-9-7-24(8-10-25)15-18-34-16-5-6-17-34)31-22-33(38-3)32(37-2)21-30(31)28-12-11-27-20-29(36)14-13-26(27)19-28/h7-10,13-14,20-22,28,36H,4-6,11-12,15-19,23H2,1-3H3. The second-order valence-corrected chi connectivity index (χ2v) is 10.8. The van der Waals surface area contributed by atoms with Gasteiger partial charge in [0, 0.05) is 31.4 Å². The van der Waals surface area contributed by atoms with Crippen LogP contribution in [0.1, 0.15) is 59.9 Å². The fourth-order valence-electron chi connectivity index (χ4n) is 6.18. The first-order chi connectivity index (χ1) is 18.6. The average Bonchev–Trinajstić information content (AvgIpc) is 3.48. The number of fused-ring (bicyclic) bond motifs is 1. The van der Waals surface area contributed by atoms with Crippen molar-refractivity contribution in [3.05, 3.63) is 82.4 Å². The second kappa shape index (κ2) is 12.1. The summed E-state index contributed by atoms with van der Waals surface area (Å²) in [6.45, 7) is 7.65. The molecule has 38 heavy (non-hydrogen) atoms. The van der Waals surface area contributed by atoms with E-state index in [-0.39, 0.29) is 0 Å². The monoisotopic (exact) mass is 514 g/mol. The Balaban J connectivity index is 1.38. The molecule has 5 nitrogen and oxygen atoms in total. The summed E-state index contributed by atoms with van der Waals surface area (Å²) >= 11 is 0. The van der Waals surface area contributed by atoms with E-state index in [4.69, 9.17) is 9.47 Å². The molecule has 0 aromatic heterocycles. The normalized spacial score (nSPS) is 17.3. The van der Waals surface area contributed by atoms with Crippen molar-refractivity contribution in [2.24, 2.45) is 0 Å². The zero-order valence-electron chi connectivity index (χ0n) is 23.2. The van der Waals surface area contributed by atoms with Crippen LogP contribution in [-0.2, 0) is 25.8 Å². The topological polar surface area (TPSA) is 45.2 Å². The van der Waals surface area contributed by atoms with E-state index in [1.54, 1.807) is 14.2 Å². The van der Waals surface area contributed by atoms with Gasteiger partial charge < -0.3 is 24.4 Å². The lowest BCUT2D eigenvalue weighted by molar-refractivity contribution is 0.343. The lowest BCUT2D eigenvalue weighted by Gasteiger charge is -2.32. The van der Waals surface area contributed by atoms with Crippen LogP contribution in [0.3, 0.4) is 0 Å². The zero-order valence-corrected chi connectivity index (χ0v) is 23.2. The van der Waals surface area contributed by atoms with E-state index in [2.05, 4.69) is 59.2 Å². The van der Waals surface area contributed by atoms with Crippen LogP contribution in [0.4, 0.5) is 5.69 Å². The number of nitrogens with zero attached hydrogens (tertiary/aromatic N) is 2. The summed E-state index contributed by atoms with van der Waals surface area (Å²) in [6.07, 6.45) is 6.79. The SMILES string of the molecule is CCN(Cc1ccc(CCN2CCCC2)cc1)c1cc(OC)c(OC)cc1C1CCc2cc(O)ccc2C1. The van der Waals surface area contributed by atoms with E-state index in [0.29, 0.717) is 11.7 Å². The van der Waals surface area contributed by atoms with Gasteiger partial charge in [0.1, 0.15) is 5.75 Å². The molecule has 5 heteroatoms. The summed E-state index contributed by atoms with van der Waals surface area (Å²) < 4.78 is 11.5. The Morgan fingerprint density at radius 2 is 1.61 bits per heavy atom. The van der Waals surface area contributed by atoms with E-state index in [0.717, 1.165) is 50.3 Å². The van der Waals surface area contributed by atoms with Crippen molar-refractivity contribution in [1.82, 2.24) is 4.90 Å². The number of phenolic OH excluding ortho intramolecular Hbond substituents is 1. The van der Waals surface area contributed by atoms with Crippen LogP contribution in [0, 0.1) is 0 Å². The number of methoxy groups -OCH3 is 2. The van der Waals surface area contributed by atoms with E-state index < -0.39 is 0 Å². The summed E-state index contributed by atoms with van der Waals surface area (Å²) in [5.41, 5.74) is 7.86. The Morgan fingerprint density at radius 1 is 0.895 bits per heavy atom. The first-order valence-electron chi connectivity index (χ1n) is 14.2. The predicted octanol–water partition coefficient (Wildman–Crippen LogP) is 6.35. The van der Waals surface area contributed by atoms with E-state index in [1.165, 1.54) is 66.0 Å². The van der Waals surface area contributed by atoms with Crippen LogP contribution >= 0.6 is 0 Å². The molecule has 1 aliphatic carbocycles. The van der Waals surface area contributed by atoms with E-state index in [9.17, 15) is 5.11 Å². The highest BCUT2D eigenvalue weighted by Crippen LogP contribution is 2.43. The van der Waals surface area contributed by atoms with Gasteiger partial charge in [-0.1, -0.05) is 30.3 Å². The minimum absolute atomic E-state index is 0.355. The Kier molecular flexibility index (Phi) is 8.43. The molecule has 0 amide bonds. The number of likely N-dealkylation sites (tertiary alicyclic amines) is 1. The number of anilines is 1. The van der Waals surface area contributed by atoms with Crippen LogP contribution in [0.5, 0.6) is 17.2 Å². The average molecular weight is 515 g/mol. The minimum atomic E-state index is 0.355. The number of hydrogen-bond acceptors (Lipinski definition) is 5. The molecule has 0 bridgehead atoms. The molecule has 1 fully saturated rings. The van der Waals surface area contributed by atoms with Crippen molar-refractivity contribution in [1.29, 1.82) is 0 Å². The highest BCUT2D eigenvalue weighted by molar-refractivity contribution is 5.64. The van der Waals surface area contributed by atoms with Crippen molar-refractivity contribution in [2.75, 3.05) is 45.3 Å². The van der Waals surface area contributed by atoms with E-state index >= 15 is 0 Å². The fourth-order valence-corrected chi connectivity index (χ4v) is 6.18. The molecule has 0 radical (unpaired) electrons. The van der Waals surface area contributed by atoms with Crippen molar-refractivity contribution < 1.29 is 14.6 Å². The molecular formula is C33H42N2O3. The molecule has 0 saturated carbocycles. The van der Waals surface area contributed by atoms with Gasteiger partial charge in [0.15, 0.2) is 11.5 Å². The molecule has 1 saturated heterocycles. The fraction of sp³-hybridized carbons (Fsp3) is 0.455. The van der Waals surface area contributed by atoms with Crippen LogP contribution in [0.2, 0.25) is 0 Å². The quantitative estimate of drug-likeness (QED) is 0.342. The van der Waals surface area contributed by atoms with Gasteiger partial charge in [0.25, 0.3) is 0 Å². The third kappa shape index (κ3) is 5.94. The maximum absolute atomic E-state index is 9.94. The molecule has 202 valence electrons. The van der Waals surface area contributed by atoms with Crippen molar-refractivity contribution in [2.45, 2.75) is 57.9 Å². The van der Waals surface area contributed by atoms with Crippen LogP contribution in [-0.4, -0.2) is 50.4 Å². The number of benzene rings is 3. The Labute approximate surface area is 228 Å². The highest BCUT2D eigenvalue weighted by Gasteiger charge is 2.26. The first-order valence-corrected chi connectivity index (χ1v) is 14.2. The molecule has 1 atom stereocenters. The number of rotatable bonds is 10. The van der Waals surface area contributed by atoms with Gasteiger partial charge in [-0.2, -0.15) is 0 Å². The number of hydrogen-bond donors (Lipinski definition) is 1. The van der Waals surface area contributed by atoms with Gasteiger partial charge in [0.2, 0.25) is 0 Å². The molecule has 3 aromatic carbocycles. The molecule has 1 unspecified atom stereocenters. The van der Waals surface area contributed by atoms with Gasteiger partial charge in [-0.3, -0.25) is 0 Å². The molecule has 5 rings (SSSR count). The van der Waals surface area contributed by atoms with Crippen LogP contribution in [0.25, 0.3) is 0 Å². The molecular weight excluding hydrogens is 472 g/mol. The summed E-state index contributed by atoms with van der Waals surface area (Å²) in [4.78, 5) is 5.04. The van der Waals surface area contributed by atoms with Gasteiger partial charge in [-0.25, -0.2) is 0 Å². The summed E-state index contributed by atoms with van der Waals surface area (Å²) in [7, 11) is 3.42. The molecule has 0 spiro atoms. The summed E-state index contributed by atoms with van der Waals surface area (Å²) in [6, 6.07) is 19.4. The Hall–Kier alpha value is -3.18. The van der Waals surface area contributed by atoms with Gasteiger partial charge in [-0.05, 0) is 110 Å². The number of ether oxygens (including phenoxy) is 2. The summed E-state index contributed by atoms with van der Waals surface area (Å²) in [5, 5.41) is 9.94. The molecule has 1 aliphatic heterocycles. The number of aryl methyl sites for hydroxylation is 1. The van der Waals surface area contributed by atoms with Gasteiger partial charge in [-0.15, -0.1) is 0 Å². The lowest BCUT2D eigenvalue weighted by atomic mass is 9.79. The van der Waals surface area contributed by atoms with Crippen molar-refractivity contribution >= 4 is 5.69 Å². The molecule has 2 aliphatic rings. The van der Waals surface area contributed by atoms with Crippen molar-refractivity contribution in [3.8, 4) is 17.2 Å². The van der Waals surface area contributed by atoms with Crippen LogP contribution < -0.4 is 14.4 Å². The van der Waals surface area contributed by atoms with Crippen LogP contribution in [0.15, 0.2) is 54.6 Å². The Bertz CT molecular complexity index is 1220. The third-order valence-electron chi connectivity index (χ3n) is 8.43. The lowest BCUT2D eigenvalue weighted by Crippen LogP contribution is -2.25. The predicted molar refractivity (Wildman–Crippen MR) is 155 cm³/mol. The zero-order chi connectivity index (χ0) is 26.5. The highest BCUT2D eigenvalue weighted by atomic mass is 16.5.